The molecule has 1 amide bonds. The third kappa shape index (κ3) is 5.29. The lowest BCUT2D eigenvalue weighted by atomic mass is 10.2. The van der Waals surface area contributed by atoms with Gasteiger partial charge in [-0.05, 0) is 47.5 Å². The number of carbonyl (C=O) groups is 1. The minimum atomic E-state index is -0.255. The summed E-state index contributed by atoms with van der Waals surface area (Å²) in [5.41, 5.74) is 1.44. The number of ether oxygens (including phenoxy) is 2. The summed E-state index contributed by atoms with van der Waals surface area (Å²) in [6.07, 6.45) is 0. The van der Waals surface area contributed by atoms with Gasteiger partial charge in [-0.1, -0.05) is 19.9 Å². The minimum absolute atomic E-state index is 0.0419. The van der Waals surface area contributed by atoms with Crippen LogP contribution in [0.4, 0.5) is 5.69 Å². The van der Waals surface area contributed by atoms with E-state index in [0.717, 1.165) is 11.3 Å². The van der Waals surface area contributed by atoms with Crippen LogP contribution in [0.2, 0.25) is 0 Å². The summed E-state index contributed by atoms with van der Waals surface area (Å²) in [6, 6.07) is 14.6. The van der Waals surface area contributed by atoms with Crippen LogP contribution in [0.25, 0.3) is 11.4 Å². The standard InChI is InChI=1S/C20H23N5O3/c1-14(2)13-28-17-9-7-15(8-10-17)20-22-24-25(23-20)12-19(26)21-16-5-4-6-18(11-16)27-3/h4-11,14H,12-13H2,1-3H3,(H,21,26). The summed E-state index contributed by atoms with van der Waals surface area (Å²) in [5, 5.41) is 15.0. The second-order valence-electron chi connectivity index (χ2n) is 6.65. The SMILES string of the molecule is COc1cccc(NC(=O)Cn2nnc(-c3ccc(OCC(C)C)cc3)n2)c1. The van der Waals surface area contributed by atoms with Crippen LogP contribution in [-0.4, -0.2) is 39.8 Å². The second-order valence-corrected chi connectivity index (χ2v) is 6.65. The fourth-order valence-corrected chi connectivity index (χ4v) is 2.42. The molecule has 1 aromatic heterocycles. The van der Waals surface area contributed by atoms with Crippen molar-refractivity contribution in [2.75, 3.05) is 19.0 Å². The number of methoxy groups -OCH3 is 1. The Hall–Kier alpha value is -3.42. The van der Waals surface area contributed by atoms with Gasteiger partial charge in [0.15, 0.2) is 0 Å². The Morgan fingerprint density at radius 2 is 1.93 bits per heavy atom. The number of carbonyl (C=O) groups excluding carboxylic acids is 1. The van der Waals surface area contributed by atoms with Crippen molar-refractivity contribution in [3.8, 4) is 22.9 Å². The van der Waals surface area contributed by atoms with Crippen LogP contribution in [0.15, 0.2) is 48.5 Å². The van der Waals surface area contributed by atoms with Gasteiger partial charge in [0, 0.05) is 17.3 Å². The molecule has 3 aromatic rings. The van der Waals surface area contributed by atoms with Gasteiger partial charge >= 0.3 is 0 Å². The van der Waals surface area contributed by atoms with Crippen LogP contribution in [0.1, 0.15) is 13.8 Å². The van der Waals surface area contributed by atoms with Crippen molar-refractivity contribution in [3.63, 3.8) is 0 Å². The topological polar surface area (TPSA) is 91.2 Å². The van der Waals surface area contributed by atoms with E-state index in [4.69, 9.17) is 9.47 Å². The third-order valence-corrected chi connectivity index (χ3v) is 3.79. The molecule has 0 fully saturated rings. The zero-order chi connectivity index (χ0) is 19.9. The van der Waals surface area contributed by atoms with E-state index in [1.165, 1.54) is 4.80 Å². The first-order valence-electron chi connectivity index (χ1n) is 8.98. The maximum Gasteiger partial charge on any atom is 0.248 e. The molecule has 3 rings (SSSR count). The number of rotatable bonds is 8. The molecule has 0 atom stereocenters. The average molecular weight is 381 g/mol. The van der Waals surface area contributed by atoms with E-state index in [1.807, 2.05) is 24.3 Å². The second kappa shape index (κ2) is 8.98. The van der Waals surface area contributed by atoms with Gasteiger partial charge in [-0.15, -0.1) is 10.2 Å². The zero-order valence-corrected chi connectivity index (χ0v) is 16.1. The summed E-state index contributed by atoms with van der Waals surface area (Å²) < 4.78 is 10.8. The lowest BCUT2D eigenvalue weighted by Gasteiger charge is -2.08. The third-order valence-electron chi connectivity index (χ3n) is 3.79. The van der Waals surface area contributed by atoms with E-state index in [2.05, 4.69) is 34.6 Å². The van der Waals surface area contributed by atoms with Gasteiger partial charge < -0.3 is 14.8 Å². The Labute approximate surface area is 163 Å². The van der Waals surface area contributed by atoms with Crippen molar-refractivity contribution < 1.29 is 14.3 Å². The molecule has 1 heterocycles. The highest BCUT2D eigenvalue weighted by Gasteiger charge is 2.10. The predicted octanol–water partition coefficient (Wildman–Crippen LogP) is 3.02. The number of tetrazole rings is 1. The van der Waals surface area contributed by atoms with Crippen molar-refractivity contribution in [2.24, 2.45) is 5.92 Å². The minimum Gasteiger partial charge on any atom is -0.497 e. The maximum atomic E-state index is 12.2. The monoisotopic (exact) mass is 381 g/mol. The van der Waals surface area contributed by atoms with Crippen molar-refractivity contribution in [1.82, 2.24) is 20.2 Å². The number of aromatic nitrogens is 4. The van der Waals surface area contributed by atoms with Crippen molar-refractivity contribution >= 4 is 11.6 Å². The van der Waals surface area contributed by atoms with Crippen LogP contribution < -0.4 is 14.8 Å². The number of nitrogens with one attached hydrogen (secondary N) is 1. The summed E-state index contributed by atoms with van der Waals surface area (Å²) >= 11 is 0. The summed E-state index contributed by atoms with van der Waals surface area (Å²) in [7, 11) is 1.57. The number of benzene rings is 2. The van der Waals surface area contributed by atoms with Crippen molar-refractivity contribution in [2.45, 2.75) is 20.4 Å². The Kier molecular flexibility index (Phi) is 6.21. The molecule has 0 unspecified atom stereocenters. The molecule has 0 radical (unpaired) electrons. The first-order chi connectivity index (χ1) is 13.5. The number of amides is 1. The van der Waals surface area contributed by atoms with Crippen LogP contribution in [0, 0.1) is 5.92 Å². The number of anilines is 1. The molecule has 8 nitrogen and oxygen atoms in total. The molecule has 0 aliphatic rings. The van der Waals surface area contributed by atoms with Crippen LogP contribution in [0.5, 0.6) is 11.5 Å². The molecule has 0 bridgehead atoms. The van der Waals surface area contributed by atoms with Crippen LogP contribution in [0.3, 0.4) is 0 Å². The molecule has 1 N–H and O–H groups in total. The lowest BCUT2D eigenvalue weighted by Crippen LogP contribution is -2.20. The first kappa shape index (κ1) is 19.3. The number of hydrogen-bond acceptors (Lipinski definition) is 6. The summed E-state index contributed by atoms with van der Waals surface area (Å²) in [5.74, 6) is 2.12. The Balaban J connectivity index is 1.59. The van der Waals surface area contributed by atoms with Crippen LogP contribution >= 0.6 is 0 Å². The molecule has 28 heavy (non-hydrogen) atoms. The number of hydrogen-bond donors (Lipinski definition) is 1. The summed E-state index contributed by atoms with van der Waals surface area (Å²) in [4.78, 5) is 13.5. The summed E-state index contributed by atoms with van der Waals surface area (Å²) in [6.45, 7) is 4.82. The molecule has 146 valence electrons. The molecule has 0 aliphatic heterocycles. The number of nitrogens with zero attached hydrogens (tertiary/aromatic N) is 4. The molecular weight excluding hydrogens is 358 g/mol. The predicted molar refractivity (Wildman–Crippen MR) is 105 cm³/mol. The van der Waals surface area contributed by atoms with E-state index in [0.29, 0.717) is 29.8 Å². The molecular formula is C20H23N5O3. The highest BCUT2D eigenvalue weighted by molar-refractivity contribution is 5.90. The quantitative estimate of drug-likeness (QED) is 0.645. The Morgan fingerprint density at radius 3 is 2.64 bits per heavy atom. The smallest absolute Gasteiger partial charge is 0.248 e. The molecule has 2 aromatic carbocycles. The van der Waals surface area contributed by atoms with Gasteiger partial charge in [0.05, 0.1) is 13.7 Å². The van der Waals surface area contributed by atoms with E-state index < -0.39 is 0 Å². The van der Waals surface area contributed by atoms with Gasteiger partial charge in [-0.2, -0.15) is 4.80 Å². The maximum absolute atomic E-state index is 12.2. The van der Waals surface area contributed by atoms with E-state index in [-0.39, 0.29) is 12.5 Å². The van der Waals surface area contributed by atoms with Gasteiger partial charge in [-0.25, -0.2) is 0 Å². The van der Waals surface area contributed by atoms with E-state index in [9.17, 15) is 4.79 Å². The van der Waals surface area contributed by atoms with E-state index >= 15 is 0 Å². The average Bonchev–Trinajstić information content (AvgIpc) is 3.15. The highest BCUT2D eigenvalue weighted by Crippen LogP contribution is 2.19. The molecule has 0 saturated carbocycles. The molecule has 0 spiro atoms. The fourth-order valence-electron chi connectivity index (χ4n) is 2.42. The zero-order valence-electron chi connectivity index (χ0n) is 16.1. The van der Waals surface area contributed by atoms with E-state index in [1.54, 1.807) is 31.4 Å². The first-order valence-corrected chi connectivity index (χ1v) is 8.98. The van der Waals surface area contributed by atoms with Crippen molar-refractivity contribution in [1.29, 1.82) is 0 Å². The van der Waals surface area contributed by atoms with Gasteiger partial charge in [0.1, 0.15) is 18.0 Å². The molecule has 0 saturated heterocycles. The normalized spacial score (nSPS) is 10.7. The molecule has 8 heteroatoms. The van der Waals surface area contributed by atoms with Gasteiger partial charge in [-0.3, -0.25) is 4.79 Å². The Bertz CT molecular complexity index is 922. The fraction of sp³-hybridized carbons (Fsp3) is 0.300. The van der Waals surface area contributed by atoms with Crippen LogP contribution in [-0.2, 0) is 11.3 Å². The van der Waals surface area contributed by atoms with Gasteiger partial charge in [0.2, 0.25) is 11.7 Å². The van der Waals surface area contributed by atoms with Gasteiger partial charge in [0.25, 0.3) is 0 Å². The Morgan fingerprint density at radius 1 is 1.14 bits per heavy atom. The highest BCUT2D eigenvalue weighted by atomic mass is 16.5. The lowest BCUT2D eigenvalue weighted by molar-refractivity contribution is -0.117. The van der Waals surface area contributed by atoms with Crippen molar-refractivity contribution in [3.05, 3.63) is 48.5 Å². The largest absolute Gasteiger partial charge is 0.497 e. The molecule has 0 aliphatic carbocycles.